The van der Waals surface area contributed by atoms with Crippen LogP contribution in [0.4, 0.5) is 10.5 Å². The van der Waals surface area contributed by atoms with Crippen molar-refractivity contribution in [2.45, 2.75) is 44.9 Å². The summed E-state index contributed by atoms with van der Waals surface area (Å²) in [6.07, 6.45) is 5.40. The number of fused-ring (bicyclic) bond motifs is 1. The monoisotopic (exact) mass is 329 g/mol. The number of oxazole rings is 1. The zero-order valence-electron chi connectivity index (χ0n) is 13.4. The first kappa shape index (κ1) is 14.9. The fourth-order valence-corrected chi connectivity index (χ4v) is 3.12. The molecule has 0 radical (unpaired) electrons. The summed E-state index contributed by atoms with van der Waals surface area (Å²) in [7, 11) is 0. The number of rotatable bonds is 3. The zero-order valence-corrected chi connectivity index (χ0v) is 13.4. The third-order valence-corrected chi connectivity index (χ3v) is 4.41. The summed E-state index contributed by atoms with van der Waals surface area (Å²) in [5.41, 5.74) is 1.42. The molecule has 1 spiro atoms. The molecule has 1 aromatic carbocycles. The highest BCUT2D eigenvalue weighted by Gasteiger charge is 2.44. The van der Waals surface area contributed by atoms with Gasteiger partial charge in [0.05, 0.1) is 12.2 Å². The van der Waals surface area contributed by atoms with Crippen molar-refractivity contribution < 1.29 is 18.7 Å². The molecule has 24 heavy (non-hydrogen) atoms. The number of hydrogen-bond donors (Lipinski definition) is 2. The SMILES string of the molecule is Cc1ncoc1CNC(=O)Nc1ccc2c(c1)OC1(CCCC1)O2. The summed E-state index contributed by atoms with van der Waals surface area (Å²) < 4.78 is 17.1. The van der Waals surface area contributed by atoms with E-state index in [0.717, 1.165) is 37.1 Å². The van der Waals surface area contributed by atoms with E-state index >= 15 is 0 Å². The van der Waals surface area contributed by atoms with Crippen LogP contribution < -0.4 is 20.1 Å². The van der Waals surface area contributed by atoms with Crippen molar-refractivity contribution in [3.63, 3.8) is 0 Å². The topological polar surface area (TPSA) is 85.6 Å². The molecule has 2 aliphatic rings. The molecular formula is C17H19N3O4. The maximum absolute atomic E-state index is 12.0. The number of aryl methyl sites for hydroxylation is 1. The Bertz CT molecular complexity index is 765. The lowest BCUT2D eigenvalue weighted by molar-refractivity contribution is -0.0716. The van der Waals surface area contributed by atoms with Crippen molar-refractivity contribution in [1.29, 1.82) is 0 Å². The Morgan fingerprint density at radius 1 is 1.25 bits per heavy atom. The lowest BCUT2D eigenvalue weighted by Crippen LogP contribution is -2.34. The molecule has 2 amide bonds. The quantitative estimate of drug-likeness (QED) is 0.902. The lowest BCUT2D eigenvalue weighted by Gasteiger charge is -2.21. The van der Waals surface area contributed by atoms with Gasteiger partial charge < -0.3 is 24.5 Å². The van der Waals surface area contributed by atoms with Gasteiger partial charge in [-0.15, -0.1) is 0 Å². The molecule has 1 aliphatic carbocycles. The molecule has 0 bridgehead atoms. The van der Waals surface area contributed by atoms with E-state index < -0.39 is 5.79 Å². The van der Waals surface area contributed by atoms with Crippen LogP contribution in [-0.2, 0) is 6.54 Å². The average Bonchev–Trinajstić information content (AvgIpc) is 3.26. The van der Waals surface area contributed by atoms with Crippen molar-refractivity contribution >= 4 is 11.7 Å². The standard InChI is InChI=1S/C17H19N3O4/c1-11-15(22-10-19-11)9-18-16(21)20-12-4-5-13-14(8-12)24-17(23-13)6-2-3-7-17/h4-5,8,10H,2-3,6-7,9H2,1H3,(H2,18,20,21). The van der Waals surface area contributed by atoms with Crippen LogP contribution >= 0.6 is 0 Å². The van der Waals surface area contributed by atoms with Crippen molar-refractivity contribution in [1.82, 2.24) is 10.3 Å². The molecule has 2 heterocycles. The van der Waals surface area contributed by atoms with Gasteiger partial charge in [0.25, 0.3) is 5.79 Å². The second kappa shape index (κ2) is 5.74. The smallest absolute Gasteiger partial charge is 0.319 e. The van der Waals surface area contributed by atoms with E-state index in [9.17, 15) is 4.79 Å². The second-order valence-corrected chi connectivity index (χ2v) is 6.15. The molecule has 1 fully saturated rings. The van der Waals surface area contributed by atoms with Gasteiger partial charge in [0.2, 0.25) is 0 Å². The predicted octanol–water partition coefficient (Wildman–Crippen LogP) is 3.35. The van der Waals surface area contributed by atoms with Gasteiger partial charge in [0.1, 0.15) is 5.76 Å². The molecule has 2 aromatic rings. The van der Waals surface area contributed by atoms with Crippen molar-refractivity contribution in [3.05, 3.63) is 36.0 Å². The number of hydrogen-bond acceptors (Lipinski definition) is 5. The average molecular weight is 329 g/mol. The Morgan fingerprint density at radius 2 is 2.04 bits per heavy atom. The maximum Gasteiger partial charge on any atom is 0.319 e. The third-order valence-electron chi connectivity index (χ3n) is 4.41. The van der Waals surface area contributed by atoms with Gasteiger partial charge in [0, 0.05) is 24.6 Å². The van der Waals surface area contributed by atoms with E-state index in [0.29, 0.717) is 17.2 Å². The summed E-state index contributed by atoms with van der Waals surface area (Å²) in [6, 6.07) is 5.11. The van der Waals surface area contributed by atoms with E-state index in [1.165, 1.54) is 6.39 Å². The summed E-state index contributed by atoms with van der Waals surface area (Å²) >= 11 is 0. The second-order valence-electron chi connectivity index (χ2n) is 6.15. The molecule has 7 nitrogen and oxygen atoms in total. The van der Waals surface area contributed by atoms with Crippen molar-refractivity contribution in [2.24, 2.45) is 0 Å². The molecule has 0 saturated heterocycles. The van der Waals surface area contributed by atoms with Gasteiger partial charge >= 0.3 is 6.03 Å². The molecule has 0 unspecified atom stereocenters. The Balaban J connectivity index is 1.38. The van der Waals surface area contributed by atoms with Crippen LogP contribution in [0.5, 0.6) is 11.5 Å². The van der Waals surface area contributed by atoms with E-state index in [4.69, 9.17) is 13.9 Å². The van der Waals surface area contributed by atoms with E-state index in [2.05, 4.69) is 15.6 Å². The number of aromatic nitrogens is 1. The highest BCUT2D eigenvalue weighted by atomic mass is 16.7. The van der Waals surface area contributed by atoms with E-state index in [1.807, 2.05) is 13.0 Å². The molecule has 126 valence electrons. The minimum absolute atomic E-state index is 0.283. The van der Waals surface area contributed by atoms with Crippen LogP contribution in [0, 0.1) is 6.92 Å². The third kappa shape index (κ3) is 2.77. The Morgan fingerprint density at radius 3 is 2.79 bits per heavy atom. The highest BCUT2D eigenvalue weighted by Crippen LogP contribution is 2.47. The fourth-order valence-electron chi connectivity index (χ4n) is 3.12. The van der Waals surface area contributed by atoms with E-state index in [1.54, 1.807) is 12.1 Å². The van der Waals surface area contributed by atoms with Crippen molar-refractivity contribution in [2.75, 3.05) is 5.32 Å². The van der Waals surface area contributed by atoms with Crippen LogP contribution in [-0.4, -0.2) is 16.8 Å². The number of anilines is 1. The van der Waals surface area contributed by atoms with E-state index in [-0.39, 0.29) is 12.6 Å². The van der Waals surface area contributed by atoms with Gasteiger partial charge in [-0.2, -0.15) is 0 Å². The minimum atomic E-state index is -0.493. The molecular weight excluding hydrogens is 310 g/mol. The molecule has 4 rings (SSSR count). The van der Waals surface area contributed by atoms with Crippen LogP contribution in [0.25, 0.3) is 0 Å². The van der Waals surface area contributed by atoms with Gasteiger partial charge in [0.15, 0.2) is 17.9 Å². The number of ether oxygens (including phenoxy) is 2. The van der Waals surface area contributed by atoms with Gasteiger partial charge in [-0.05, 0) is 31.9 Å². The Kier molecular flexibility index (Phi) is 3.55. The minimum Gasteiger partial charge on any atom is -0.448 e. The number of urea groups is 1. The largest absolute Gasteiger partial charge is 0.448 e. The number of amides is 2. The van der Waals surface area contributed by atoms with Crippen LogP contribution in [0.2, 0.25) is 0 Å². The van der Waals surface area contributed by atoms with Gasteiger partial charge in [-0.25, -0.2) is 9.78 Å². The zero-order chi connectivity index (χ0) is 16.6. The maximum atomic E-state index is 12.0. The van der Waals surface area contributed by atoms with Gasteiger partial charge in [-0.1, -0.05) is 0 Å². The highest BCUT2D eigenvalue weighted by molar-refractivity contribution is 5.89. The Hall–Kier alpha value is -2.70. The number of benzene rings is 1. The molecule has 7 heteroatoms. The number of carbonyl (C=O) groups is 1. The number of nitrogens with one attached hydrogen (secondary N) is 2. The molecule has 1 aliphatic heterocycles. The fraction of sp³-hybridized carbons (Fsp3) is 0.412. The van der Waals surface area contributed by atoms with Crippen LogP contribution in [0.3, 0.4) is 0 Å². The number of nitrogens with zero attached hydrogens (tertiary/aromatic N) is 1. The first-order valence-electron chi connectivity index (χ1n) is 8.09. The number of carbonyl (C=O) groups excluding carboxylic acids is 1. The normalized spacial score (nSPS) is 17.2. The molecule has 2 N–H and O–H groups in total. The van der Waals surface area contributed by atoms with Crippen LogP contribution in [0.1, 0.15) is 37.1 Å². The molecule has 0 atom stereocenters. The van der Waals surface area contributed by atoms with Crippen LogP contribution in [0.15, 0.2) is 29.0 Å². The first-order valence-corrected chi connectivity index (χ1v) is 8.09. The van der Waals surface area contributed by atoms with Crippen molar-refractivity contribution in [3.8, 4) is 11.5 Å². The molecule has 1 aromatic heterocycles. The molecule has 1 saturated carbocycles. The summed E-state index contributed by atoms with van der Waals surface area (Å²) in [5.74, 6) is 1.56. The summed E-state index contributed by atoms with van der Waals surface area (Å²) in [4.78, 5) is 16.0. The van der Waals surface area contributed by atoms with Gasteiger partial charge in [-0.3, -0.25) is 0 Å². The summed E-state index contributed by atoms with van der Waals surface area (Å²) in [5, 5.41) is 5.52. The predicted molar refractivity (Wildman–Crippen MR) is 86.0 cm³/mol. The lowest BCUT2D eigenvalue weighted by atomic mass is 10.2. The summed E-state index contributed by atoms with van der Waals surface area (Å²) in [6.45, 7) is 2.11. The Labute approximate surface area is 139 Å². The first-order chi connectivity index (χ1) is 11.6.